The summed E-state index contributed by atoms with van der Waals surface area (Å²) in [5.74, 6) is 0. The summed E-state index contributed by atoms with van der Waals surface area (Å²) in [6, 6.07) is 0. The number of halogens is 1. The molecule has 1 rings (SSSR count). The third-order valence-electron chi connectivity index (χ3n) is 2.27. The van der Waals surface area contributed by atoms with Crippen LogP contribution in [-0.2, 0) is 0 Å². The van der Waals surface area contributed by atoms with E-state index in [0.717, 1.165) is 23.0 Å². The Bertz CT molecular complexity index is 316. The largest absolute Gasteiger partial charge is 0.396 e. The van der Waals surface area contributed by atoms with E-state index in [-0.39, 0.29) is 5.54 Å². The average molecular weight is 272 g/mol. The molecule has 0 unspecified atom stereocenters. The van der Waals surface area contributed by atoms with Gasteiger partial charge in [-0.3, -0.25) is 4.98 Å². The third-order valence-corrected chi connectivity index (χ3v) is 2.87. The number of hydrogen-bond donors (Lipinski definition) is 2. The molecule has 0 radical (unpaired) electrons. The van der Waals surface area contributed by atoms with Gasteiger partial charge in [0.15, 0.2) is 0 Å². The summed E-state index contributed by atoms with van der Waals surface area (Å²) in [5, 5.41) is 3.44. The SMILES string of the molecule is CCCC(C)(C)Nc1c(N)cncc1Br. The monoisotopic (exact) mass is 271 g/mol. The summed E-state index contributed by atoms with van der Waals surface area (Å²) >= 11 is 3.45. The maximum Gasteiger partial charge on any atom is 0.0754 e. The second kappa shape index (κ2) is 4.84. The van der Waals surface area contributed by atoms with Crippen molar-refractivity contribution in [2.45, 2.75) is 39.2 Å². The molecule has 1 aromatic heterocycles. The first-order valence-electron chi connectivity index (χ1n) is 5.13. The second-order valence-corrected chi connectivity index (χ2v) is 5.20. The van der Waals surface area contributed by atoms with Crippen molar-refractivity contribution in [3.05, 3.63) is 16.9 Å². The lowest BCUT2D eigenvalue weighted by atomic mass is 9.98. The molecule has 0 saturated heterocycles. The van der Waals surface area contributed by atoms with E-state index in [0.29, 0.717) is 5.69 Å². The van der Waals surface area contributed by atoms with Gasteiger partial charge in [0.1, 0.15) is 0 Å². The van der Waals surface area contributed by atoms with Crippen molar-refractivity contribution >= 4 is 27.3 Å². The Balaban J connectivity index is 2.89. The van der Waals surface area contributed by atoms with Gasteiger partial charge >= 0.3 is 0 Å². The van der Waals surface area contributed by atoms with Crippen LogP contribution in [0.1, 0.15) is 33.6 Å². The summed E-state index contributed by atoms with van der Waals surface area (Å²) in [5.41, 5.74) is 7.53. The Hall–Kier alpha value is -0.770. The highest BCUT2D eigenvalue weighted by molar-refractivity contribution is 9.10. The fourth-order valence-corrected chi connectivity index (χ4v) is 2.05. The van der Waals surface area contributed by atoms with Crippen molar-refractivity contribution in [3.63, 3.8) is 0 Å². The van der Waals surface area contributed by atoms with Crippen LogP contribution in [0, 0.1) is 0 Å². The number of hydrogen-bond acceptors (Lipinski definition) is 3. The van der Waals surface area contributed by atoms with E-state index < -0.39 is 0 Å². The molecule has 0 fully saturated rings. The van der Waals surface area contributed by atoms with Crippen LogP contribution in [0.2, 0.25) is 0 Å². The Labute approximate surface area is 99.6 Å². The van der Waals surface area contributed by atoms with Gasteiger partial charge in [0, 0.05) is 11.7 Å². The van der Waals surface area contributed by atoms with Crippen LogP contribution in [0.3, 0.4) is 0 Å². The fraction of sp³-hybridized carbons (Fsp3) is 0.545. The molecule has 0 spiro atoms. The van der Waals surface area contributed by atoms with Crippen molar-refractivity contribution in [1.82, 2.24) is 4.98 Å². The molecule has 0 aliphatic rings. The van der Waals surface area contributed by atoms with Crippen LogP contribution in [0.25, 0.3) is 0 Å². The molecular weight excluding hydrogens is 254 g/mol. The molecule has 0 atom stereocenters. The Kier molecular flexibility index (Phi) is 3.97. The van der Waals surface area contributed by atoms with Gasteiger partial charge in [-0.2, -0.15) is 0 Å². The standard InChI is InChI=1S/C11H18BrN3/c1-4-5-11(2,3)15-10-8(12)6-14-7-9(10)13/h6-7H,4-5,13H2,1-3H3,(H,14,15). The molecule has 0 amide bonds. The number of anilines is 2. The minimum atomic E-state index is 0.0484. The summed E-state index contributed by atoms with van der Waals surface area (Å²) in [6.45, 7) is 6.51. The minimum absolute atomic E-state index is 0.0484. The molecule has 1 aromatic rings. The number of nitrogens with one attached hydrogen (secondary N) is 1. The van der Waals surface area contributed by atoms with E-state index in [1.807, 2.05) is 0 Å². The Morgan fingerprint density at radius 2 is 2.13 bits per heavy atom. The molecule has 0 bridgehead atoms. The lowest BCUT2D eigenvalue weighted by Gasteiger charge is -2.28. The highest BCUT2D eigenvalue weighted by Crippen LogP contribution is 2.30. The average Bonchev–Trinajstić information content (AvgIpc) is 2.11. The molecule has 1 heterocycles. The van der Waals surface area contributed by atoms with Crippen molar-refractivity contribution in [3.8, 4) is 0 Å². The number of rotatable bonds is 4. The molecule has 4 heteroatoms. The molecule has 15 heavy (non-hydrogen) atoms. The zero-order valence-electron chi connectivity index (χ0n) is 9.47. The zero-order valence-corrected chi connectivity index (χ0v) is 11.1. The molecule has 0 aliphatic carbocycles. The number of nitrogens with two attached hydrogens (primary N) is 1. The molecule has 3 N–H and O–H groups in total. The van der Waals surface area contributed by atoms with Gasteiger partial charge in [-0.1, -0.05) is 13.3 Å². The van der Waals surface area contributed by atoms with Gasteiger partial charge in [0.25, 0.3) is 0 Å². The van der Waals surface area contributed by atoms with Crippen LogP contribution >= 0.6 is 15.9 Å². The first-order chi connectivity index (χ1) is 6.96. The molecule has 0 aromatic carbocycles. The van der Waals surface area contributed by atoms with Gasteiger partial charge in [-0.15, -0.1) is 0 Å². The predicted molar refractivity (Wildman–Crippen MR) is 69.0 cm³/mol. The third kappa shape index (κ3) is 3.38. The highest BCUT2D eigenvalue weighted by Gasteiger charge is 2.18. The molecule has 0 aliphatic heterocycles. The summed E-state index contributed by atoms with van der Waals surface area (Å²) in [6.07, 6.45) is 5.65. The minimum Gasteiger partial charge on any atom is -0.396 e. The molecule has 3 nitrogen and oxygen atoms in total. The van der Waals surface area contributed by atoms with E-state index >= 15 is 0 Å². The van der Waals surface area contributed by atoms with E-state index in [9.17, 15) is 0 Å². The van der Waals surface area contributed by atoms with Gasteiger partial charge in [-0.05, 0) is 36.2 Å². The van der Waals surface area contributed by atoms with Crippen LogP contribution in [-0.4, -0.2) is 10.5 Å². The van der Waals surface area contributed by atoms with E-state index in [1.54, 1.807) is 12.4 Å². The molecule has 84 valence electrons. The molecular formula is C11H18BrN3. The van der Waals surface area contributed by atoms with Crippen molar-refractivity contribution in [2.75, 3.05) is 11.1 Å². The smallest absolute Gasteiger partial charge is 0.0754 e. The normalized spacial score (nSPS) is 11.5. The number of aromatic nitrogens is 1. The Morgan fingerprint density at radius 3 is 2.67 bits per heavy atom. The first kappa shape index (κ1) is 12.3. The highest BCUT2D eigenvalue weighted by atomic mass is 79.9. The topological polar surface area (TPSA) is 50.9 Å². The summed E-state index contributed by atoms with van der Waals surface area (Å²) < 4.78 is 0.909. The molecule has 0 saturated carbocycles. The number of nitrogens with zero attached hydrogens (tertiary/aromatic N) is 1. The predicted octanol–water partition coefficient (Wildman–Crippen LogP) is 3.42. The number of nitrogen functional groups attached to an aromatic ring is 1. The van der Waals surface area contributed by atoms with E-state index in [1.165, 1.54) is 0 Å². The first-order valence-corrected chi connectivity index (χ1v) is 5.93. The van der Waals surface area contributed by atoms with E-state index in [2.05, 4.69) is 47.0 Å². The van der Waals surface area contributed by atoms with E-state index in [4.69, 9.17) is 5.73 Å². The second-order valence-electron chi connectivity index (χ2n) is 4.34. The Morgan fingerprint density at radius 1 is 1.47 bits per heavy atom. The lowest BCUT2D eigenvalue weighted by molar-refractivity contribution is 0.511. The van der Waals surface area contributed by atoms with Crippen LogP contribution < -0.4 is 11.1 Å². The van der Waals surface area contributed by atoms with Crippen LogP contribution in [0.15, 0.2) is 16.9 Å². The number of pyridine rings is 1. The maximum absolute atomic E-state index is 5.87. The summed E-state index contributed by atoms with van der Waals surface area (Å²) in [4.78, 5) is 4.01. The van der Waals surface area contributed by atoms with Gasteiger partial charge in [0.05, 0.1) is 22.0 Å². The van der Waals surface area contributed by atoms with Gasteiger partial charge < -0.3 is 11.1 Å². The van der Waals surface area contributed by atoms with Crippen LogP contribution in [0.4, 0.5) is 11.4 Å². The zero-order chi connectivity index (χ0) is 11.5. The van der Waals surface area contributed by atoms with Gasteiger partial charge in [-0.25, -0.2) is 0 Å². The summed E-state index contributed by atoms with van der Waals surface area (Å²) in [7, 11) is 0. The van der Waals surface area contributed by atoms with Crippen molar-refractivity contribution in [1.29, 1.82) is 0 Å². The van der Waals surface area contributed by atoms with Crippen molar-refractivity contribution < 1.29 is 0 Å². The maximum atomic E-state index is 5.87. The fourth-order valence-electron chi connectivity index (χ4n) is 1.61. The van der Waals surface area contributed by atoms with Crippen molar-refractivity contribution in [2.24, 2.45) is 0 Å². The van der Waals surface area contributed by atoms with Gasteiger partial charge in [0.2, 0.25) is 0 Å². The van der Waals surface area contributed by atoms with Crippen LogP contribution in [0.5, 0.6) is 0 Å². The lowest BCUT2D eigenvalue weighted by Crippen LogP contribution is -2.31. The quantitative estimate of drug-likeness (QED) is 0.883.